The number of hydrogen-bond donors (Lipinski definition) is 2. The number of aliphatic carboxylic acids is 1. The Kier molecular flexibility index (Phi) is 3.50. The van der Waals surface area contributed by atoms with E-state index >= 15 is 0 Å². The van der Waals surface area contributed by atoms with Gasteiger partial charge in [0, 0.05) is 19.1 Å². The van der Waals surface area contributed by atoms with Crippen molar-refractivity contribution in [2.45, 2.75) is 45.6 Å². The number of carbonyl (C=O) groups is 2. The number of nitrogens with one attached hydrogen (secondary N) is 1. The third kappa shape index (κ3) is 2.94. The van der Waals surface area contributed by atoms with Crippen molar-refractivity contribution < 1.29 is 14.7 Å². The van der Waals surface area contributed by atoms with Crippen molar-refractivity contribution in [2.75, 3.05) is 13.1 Å². The van der Waals surface area contributed by atoms with Gasteiger partial charge in [-0.2, -0.15) is 0 Å². The van der Waals surface area contributed by atoms with Gasteiger partial charge >= 0.3 is 12.0 Å². The molecular formula is C13H22N2O3. The number of amides is 2. The maximum atomic E-state index is 12.1. The van der Waals surface area contributed by atoms with Gasteiger partial charge in [-0.1, -0.05) is 0 Å². The lowest BCUT2D eigenvalue weighted by molar-refractivity contribution is -0.143. The van der Waals surface area contributed by atoms with E-state index in [1.807, 2.05) is 18.7 Å². The summed E-state index contributed by atoms with van der Waals surface area (Å²) < 4.78 is 0. The fourth-order valence-electron chi connectivity index (χ4n) is 2.07. The first-order valence-corrected chi connectivity index (χ1v) is 6.72. The summed E-state index contributed by atoms with van der Waals surface area (Å²) >= 11 is 0. The van der Waals surface area contributed by atoms with Crippen LogP contribution in [-0.2, 0) is 4.79 Å². The first-order chi connectivity index (χ1) is 8.44. The van der Waals surface area contributed by atoms with E-state index < -0.39 is 11.4 Å². The van der Waals surface area contributed by atoms with Crippen LogP contribution in [0.15, 0.2) is 0 Å². The zero-order valence-electron chi connectivity index (χ0n) is 11.1. The summed E-state index contributed by atoms with van der Waals surface area (Å²) in [6.07, 6.45) is 3.75. The van der Waals surface area contributed by atoms with Crippen molar-refractivity contribution in [3.8, 4) is 0 Å². The van der Waals surface area contributed by atoms with Crippen LogP contribution in [0.5, 0.6) is 0 Å². The Hall–Kier alpha value is -1.26. The summed E-state index contributed by atoms with van der Waals surface area (Å²) in [7, 11) is 0. The van der Waals surface area contributed by atoms with Gasteiger partial charge < -0.3 is 15.3 Å². The van der Waals surface area contributed by atoms with Gasteiger partial charge in [-0.15, -0.1) is 0 Å². The molecule has 0 heterocycles. The monoisotopic (exact) mass is 254 g/mol. The van der Waals surface area contributed by atoms with Crippen molar-refractivity contribution in [1.82, 2.24) is 10.2 Å². The van der Waals surface area contributed by atoms with Crippen LogP contribution in [0.1, 0.15) is 39.5 Å². The Morgan fingerprint density at radius 3 is 2.39 bits per heavy atom. The van der Waals surface area contributed by atoms with Crippen LogP contribution in [0.3, 0.4) is 0 Å². The summed E-state index contributed by atoms with van der Waals surface area (Å²) in [5.41, 5.74) is -0.683. The van der Waals surface area contributed by atoms with Gasteiger partial charge in [0.05, 0.1) is 5.41 Å². The van der Waals surface area contributed by atoms with Gasteiger partial charge in [0.1, 0.15) is 0 Å². The van der Waals surface area contributed by atoms with Crippen LogP contribution in [0.4, 0.5) is 4.79 Å². The topological polar surface area (TPSA) is 69.6 Å². The highest BCUT2D eigenvalue weighted by atomic mass is 16.4. The van der Waals surface area contributed by atoms with E-state index in [4.69, 9.17) is 5.11 Å². The lowest BCUT2D eigenvalue weighted by atomic mass is 10.1. The SMILES string of the molecule is CC(C)N(CC1CC1)C(=O)NCC1(C(=O)O)CC1. The molecule has 0 radical (unpaired) electrons. The molecule has 2 rings (SSSR count). The second kappa shape index (κ2) is 4.78. The largest absolute Gasteiger partial charge is 0.481 e. The van der Waals surface area contributed by atoms with Crippen molar-refractivity contribution in [1.29, 1.82) is 0 Å². The van der Waals surface area contributed by atoms with E-state index in [0.717, 1.165) is 6.54 Å². The molecule has 5 heteroatoms. The van der Waals surface area contributed by atoms with Crippen molar-refractivity contribution in [2.24, 2.45) is 11.3 Å². The van der Waals surface area contributed by atoms with E-state index in [1.54, 1.807) is 0 Å². The number of rotatable bonds is 6. The van der Waals surface area contributed by atoms with E-state index in [-0.39, 0.29) is 18.6 Å². The van der Waals surface area contributed by atoms with E-state index in [2.05, 4.69) is 5.32 Å². The smallest absolute Gasteiger partial charge is 0.317 e. The molecule has 0 aromatic carbocycles. The molecule has 2 N–H and O–H groups in total. The molecule has 0 atom stereocenters. The van der Waals surface area contributed by atoms with Gasteiger partial charge in [0.2, 0.25) is 0 Å². The molecule has 2 amide bonds. The number of nitrogens with zero attached hydrogens (tertiary/aromatic N) is 1. The van der Waals surface area contributed by atoms with Gasteiger partial charge in [0.25, 0.3) is 0 Å². The zero-order chi connectivity index (χ0) is 13.3. The highest BCUT2D eigenvalue weighted by Gasteiger charge is 2.50. The van der Waals surface area contributed by atoms with Crippen molar-refractivity contribution >= 4 is 12.0 Å². The minimum absolute atomic E-state index is 0.121. The number of carboxylic acids is 1. The quantitative estimate of drug-likeness (QED) is 0.757. The molecule has 2 aliphatic rings. The Bertz CT molecular complexity index is 346. The summed E-state index contributed by atoms with van der Waals surface area (Å²) in [4.78, 5) is 24.9. The maximum absolute atomic E-state index is 12.1. The lowest BCUT2D eigenvalue weighted by Crippen LogP contribution is -2.47. The molecule has 2 fully saturated rings. The summed E-state index contributed by atoms with van der Waals surface area (Å²) in [6, 6.07) is 0.0370. The normalized spacial score (nSPS) is 20.6. The fourth-order valence-corrected chi connectivity index (χ4v) is 2.07. The van der Waals surface area contributed by atoms with Crippen LogP contribution in [0, 0.1) is 11.3 Å². The number of urea groups is 1. The minimum atomic E-state index is -0.791. The third-order valence-electron chi connectivity index (χ3n) is 3.92. The standard InChI is InChI=1S/C13H22N2O3/c1-9(2)15(7-10-3-4-10)12(18)14-8-13(5-6-13)11(16)17/h9-10H,3-8H2,1-2H3,(H,14,18)(H,16,17). The summed E-state index contributed by atoms with van der Waals surface area (Å²) in [6.45, 7) is 5.04. The molecule has 2 saturated carbocycles. The fraction of sp³-hybridized carbons (Fsp3) is 0.846. The summed E-state index contributed by atoms with van der Waals surface area (Å²) in [5, 5.41) is 11.8. The van der Waals surface area contributed by atoms with Crippen molar-refractivity contribution in [3.63, 3.8) is 0 Å². The van der Waals surface area contributed by atoms with E-state index in [1.165, 1.54) is 12.8 Å². The van der Waals surface area contributed by atoms with Crippen LogP contribution in [-0.4, -0.2) is 41.1 Å². The first-order valence-electron chi connectivity index (χ1n) is 6.72. The Labute approximate surface area is 108 Å². The molecule has 5 nitrogen and oxygen atoms in total. The number of carbonyl (C=O) groups excluding carboxylic acids is 1. The molecule has 0 saturated heterocycles. The predicted octanol–water partition coefficient (Wildman–Crippen LogP) is 1.68. The molecule has 18 heavy (non-hydrogen) atoms. The van der Waals surface area contributed by atoms with Crippen molar-refractivity contribution in [3.05, 3.63) is 0 Å². The van der Waals surface area contributed by atoms with Crippen LogP contribution >= 0.6 is 0 Å². The maximum Gasteiger partial charge on any atom is 0.317 e. The molecule has 0 aromatic heterocycles. The zero-order valence-corrected chi connectivity index (χ0v) is 11.1. The average Bonchev–Trinajstić information content (AvgIpc) is 3.16. The number of hydrogen-bond acceptors (Lipinski definition) is 2. The van der Waals surface area contributed by atoms with Crippen LogP contribution in [0.25, 0.3) is 0 Å². The molecule has 0 bridgehead atoms. The molecule has 0 aliphatic heterocycles. The molecule has 2 aliphatic carbocycles. The highest BCUT2D eigenvalue weighted by Crippen LogP contribution is 2.45. The van der Waals surface area contributed by atoms with Gasteiger partial charge in [-0.25, -0.2) is 4.79 Å². The third-order valence-corrected chi connectivity index (χ3v) is 3.92. The lowest BCUT2D eigenvalue weighted by Gasteiger charge is -2.27. The van der Waals surface area contributed by atoms with Gasteiger partial charge in [0.15, 0.2) is 0 Å². The van der Waals surface area contributed by atoms with Crippen LogP contribution in [0.2, 0.25) is 0 Å². The second-order valence-corrected chi connectivity index (χ2v) is 5.93. The highest BCUT2D eigenvalue weighted by molar-refractivity contribution is 5.80. The van der Waals surface area contributed by atoms with Gasteiger partial charge in [-0.3, -0.25) is 4.79 Å². The molecular weight excluding hydrogens is 232 g/mol. The Balaban J connectivity index is 1.83. The minimum Gasteiger partial charge on any atom is -0.481 e. The van der Waals surface area contributed by atoms with E-state index in [9.17, 15) is 9.59 Å². The van der Waals surface area contributed by atoms with Gasteiger partial charge in [-0.05, 0) is 45.4 Å². The predicted molar refractivity (Wildman–Crippen MR) is 67.3 cm³/mol. The molecule has 102 valence electrons. The summed E-state index contributed by atoms with van der Waals surface area (Å²) in [5.74, 6) is -0.145. The Morgan fingerprint density at radius 1 is 1.39 bits per heavy atom. The van der Waals surface area contributed by atoms with E-state index in [0.29, 0.717) is 18.8 Å². The number of carboxylic acid groups (broad SMARTS) is 1. The molecule has 0 aromatic rings. The first kappa shape index (κ1) is 13.2. The Morgan fingerprint density at radius 2 is 2.00 bits per heavy atom. The van der Waals surface area contributed by atoms with Crippen LogP contribution < -0.4 is 5.32 Å². The average molecular weight is 254 g/mol. The molecule has 0 spiro atoms. The molecule has 0 unspecified atom stereocenters. The second-order valence-electron chi connectivity index (χ2n) is 5.93.